The second-order valence-electron chi connectivity index (χ2n) is 4.68. The number of ether oxygens (including phenoxy) is 1. The molecule has 4 atom stereocenters. The summed E-state index contributed by atoms with van der Waals surface area (Å²) in [7, 11) is 0. The van der Waals surface area contributed by atoms with Gasteiger partial charge in [-0.05, 0) is 18.0 Å². The molecule has 3 N–H and O–H groups in total. The standard InChI is InChI=1S/C12H19N3O5/c1-7-9(4-2-3-8(17)5-14-15-13)20-10(6-16)12(19)11(7)18/h4,7,10-12,16,18-19H,2-3,5-6H2,1H3/b9-4+/t7?,10?,11-,12-/m1/s1. The predicted molar refractivity (Wildman–Crippen MR) is 69.5 cm³/mol. The van der Waals surface area contributed by atoms with Crippen LogP contribution in [0.3, 0.4) is 0 Å². The lowest BCUT2D eigenvalue weighted by molar-refractivity contribution is -0.141. The molecule has 20 heavy (non-hydrogen) atoms. The molecule has 1 heterocycles. The Morgan fingerprint density at radius 1 is 1.50 bits per heavy atom. The topological polar surface area (TPSA) is 136 Å². The van der Waals surface area contributed by atoms with E-state index in [9.17, 15) is 15.0 Å². The Morgan fingerprint density at radius 3 is 2.80 bits per heavy atom. The monoisotopic (exact) mass is 285 g/mol. The number of Topliss-reactive ketones (excluding diaryl/α,β-unsaturated/α-hetero) is 1. The van der Waals surface area contributed by atoms with Crippen molar-refractivity contribution in [2.24, 2.45) is 11.0 Å². The maximum absolute atomic E-state index is 11.3. The van der Waals surface area contributed by atoms with Gasteiger partial charge in [0.25, 0.3) is 0 Å². The van der Waals surface area contributed by atoms with Crippen LogP contribution in [-0.2, 0) is 9.53 Å². The molecule has 0 bridgehead atoms. The third kappa shape index (κ3) is 4.21. The Balaban J connectivity index is 2.58. The zero-order valence-corrected chi connectivity index (χ0v) is 11.2. The molecule has 8 nitrogen and oxygen atoms in total. The van der Waals surface area contributed by atoms with Crippen molar-refractivity contribution in [2.75, 3.05) is 13.2 Å². The fourth-order valence-electron chi connectivity index (χ4n) is 1.98. The van der Waals surface area contributed by atoms with Crippen molar-refractivity contribution in [2.45, 2.75) is 38.1 Å². The van der Waals surface area contributed by atoms with Gasteiger partial charge in [-0.3, -0.25) is 4.79 Å². The number of rotatable bonds is 6. The molecule has 1 aliphatic heterocycles. The van der Waals surface area contributed by atoms with Gasteiger partial charge in [0.1, 0.15) is 18.0 Å². The smallest absolute Gasteiger partial charge is 0.149 e. The average molecular weight is 285 g/mol. The molecule has 1 fully saturated rings. The molecule has 0 aromatic heterocycles. The minimum absolute atomic E-state index is 0.184. The van der Waals surface area contributed by atoms with E-state index in [-0.39, 0.29) is 18.7 Å². The predicted octanol–water partition coefficient (Wildman–Crippen LogP) is 0.279. The summed E-state index contributed by atoms with van der Waals surface area (Å²) in [6, 6.07) is 0. The molecular weight excluding hydrogens is 266 g/mol. The van der Waals surface area contributed by atoms with Gasteiger partial charge in [0.2, 0.25) is 0 Å². The number of nitrogens with zero attached hydrogens (tertiary/aromatic N) is 3. The third-order valence-corrected chi connectivity index (χ3v) is 3.24. The summed E-state index contributed by atoms with van der Waals surface area (Å²) in [4.78, 5) is 13.8. The molecule has 0 radical (unpaired) electrons. The van der Waals surface area contributed by atoms with Crippen LogP contribution >= 0.6 is 0 Å². The normalized spacial score (nSPS) is 31.5. The zero-order chi connectivity index (χ0) is 15.1. The van der Waals surface area contributed by atoms with Crippen LogP contribution in [0.15, 0.2) is 16.9 Å². The number of hydrogen-bond acceptors (Lipinski definition) is 6. The number of hydrogen-bond donors (Lipinski definition) is 3. The van der Waals surface area contributed by atoms with E-state index >= 15 is 0 Å². The van der Waals surface area contributed by atoms with Crippen LogP contribution in [0.25, 0.3) is 10.4 Å². The largest absolute Gasteiger partial charge is 0.489 e. The fraction of sp³-hybridized carbons (Fsp3) is 0.750. The molecule has 1 saturated heterocycles. The molecule has 2 unspecified atom stereocenters. The highest BCUT2D eigenvalue weighted by Gasteiger charge is 2.39. The summed E-state index contributed by atoms with van der Waals surface area (Å²) < 4.78 is 5.40. The average Bonchev–Trinajstić information content (AvgIpc) is 2.45. The first-order valence-electron chi connectivity index (χ1n) is 6.37. The molecule has 0 saturated carbocycles. The number of ketones is 1. The lowest BCUT2D eigenvalue weighted by atomic mass is 9.90. The van der Waals surface area contributed by atoms with Gasteiger partial charge in [0, 0.05) is 17.3 Å². The Labute approximate surface area is 116 Å². The lowest BCUT2D eigenvalue weighted by Crippen LogP contribution is -2.49. The summed E-state index contributed by atoms with van der Waals surface area (Å²) in [6.45, 7) is 1.10. The van der Waals surface area contributed by atoms with Crippen LogP contribution < -0.4 is 0 Å². The maximum Gasteiger partial charge on any atom is 0.149 e. The highest BCUT2D eigenvalue weighted by Crippen LogP contribution is 2.29. The van der Waals surface area contributed by atoms with Crippen molar-refractivity contribution in [1.29, 1.82) is 0 Å². The van der Waals surface area contributed by atoms with Gasteiger partial charge < -0.3 is 20.1 Å². The first kappa shape index (κ1) is 16.5. The lowest BCUT2D eigenvalue weighted by Gasteiger charge is -2.37. The Kier molecular flexibility index (Phi) is 6.47. The van der Waals surface area contributed by atoms with Crippen LogP contribution in [0.2, 0.25) is 0 Å². The molecule has 0 aromatic rings. The van der Waals surface area contributed by atoms with Crippen LogP contribution in [0, 0.1) is 5.92 Å². The number of carbonyl (C=O) groups is 1. The third-order valence-electron chi connectivity index (χ3n) is 3.24. The van der Waals surface area contributed by atoms with Gasteiger partial charge in [0.05, 0.1) is 25.0 Å². The van der Waals surface area contributed by atoms with Crippen molar-refractivity contribution in [3.05, 3.63) is 22.3 Å². The Bertz CT molecular complexity index is 417. The molecule has 1 aliphatic rings. The highest BCUT2D eigenvalue weighted by atomic mass is 16.5. The number of aliphatic hydroxyl groups excluding tert-OH is 3. The second-order valence-corrected chi connectivity index (χ2v) is 4.68. The zero-order valence-electron chi connectivity index (χ0n) is 11.2. The number of azide groups is 1. The van der Waals surface area contributed by atoms with Gasteiger partial charge >= 0.3 is 0 Å². The Morgan fingerprint density at radius 2 is 2.20 bits per heavy atom. The van der Waals surface area contributed by atoms with E-state index in [1.807, 2.05) is 0 Å². The van der Waals surface area contributed by atoms with Crippen molar-refractivity contribution >= 4 is 5.78 Å². The van der Waals surface area contributed by atoms with Crippen LogP contribution in [-0.4, -0.2) is 52.6 Å². The summed E-state index contributed by atoms with van der Waals surface area (Å²) in [5.74, 6) is -0.166. The van der Waals surface area contributed by atoms with E-state index in [1.165, 1.54) is 0 Å². The first-order chi connectivity index (χ1) is 9.51. The van der Waals surface area contributed by atoms with Gasteiger partial charge in [0.15, 0.2) is 0 Å². The molecule has 1 rings (SSSR count). The van der Waals surface area contributed by atoms with E-state index in [1.54, 1.807) is 13.0 Å². The van der Waals surface area contributed by atoms with E-state index < -0.39 is 30.8 Å². The van der Waals surface area contributed by atoms with Gasteiger partial charge in [-0.15, -0.1) is 0 Å². The minimum atomic E-state index is -1.14. The molecule has 0 aromatic carbocycles. The molecule has 112 valence electrons. The van der Waals surface area contributed by atoms with Crippen LogP contribution in [0.4, 0.5) is 0 Å². The number of carbonyl (C=O) groups excluding carboxylic acids is 1. The van der Waals surface area contributed by atoms with E-state index in [4.69, 9.17) is 15.4 Å². The quantitative estimate of drug-likeness (QED) is 0.366. The summed E-state index contributed by atoms with van der Waals surface area (Å²) >= 11 is 0. The van der Waals surface area contributed by atoms with Crippen molar-refractivity contribution in [3.8, 4) is 0 Å². The Hall–Kier alpha value is -1.60. The first-order valence-corrected chi connectivity index (χ1v) is 6.37. The van der Waals surface area contributed by atoms with E-state index in [2.05, 4.69) is 10.0 Å². The van der Waals surface area contributed by atoms with Crippen LogP contribution in [0.5, 0.6) is 0 Å². The molecular formula is C12H19N3O5. The maximum atomic E-state index is 11.3. The molecule has 0 spiro atoms. The fourth-order valence-corrected chi connectivity index (χ4v) is 1.98. The molecule has 8 heteroatoms. The SMILES string of the molecule is CC1/C(=C\CCC(=O)CN=[N+]=[N-])OC(CO)[C@@H](O)[C@@H]1O. The number of allylic oxidation sites excluding steroid dienone is 1. The van der Waals surface area contributed by atoms with E-state index in [0.717, 1.165) is 0 Å². The van der Waals surface area contributed by atoms with Gasteiger partial charge in [-0.25, -0.2) is 0 Å². The summed E-state index contributed by atoms with van der Waals surface area (Å²) in [6.07, 6.45) is -0.811. The van der Waals surface area contributed by atoms with Crippen molar-refractivity contribution in [1.82, 2.24) is 0 Å². The summed E-state index contributed by atoms with van der Waals surface area (Å²) in [5, 5.41) is 31.8. The van der Waals surface area contributed by atoms with Crippen molar-refractivity contribution in [3.63, 3.8) is 0 Å². The van der Waals surface area contributed by atoms with Crippen molar-refractivity contribution < 1.29 is 24.9 Å². The summed E-state index contributed by atoms with van der Waals surface area (Å²) in [5.41, 5.74) is 8.09. The van der Waals surface area contributed by atoms with E-state index in [0.29, 0.717) is 12.2 Å². The molecule has 0 aliphatic carbocycles. The van der Waals surface area contributed by atoms with Gasteiger partial charge in [-0.2, -0.15) is 0 Å². The van der Waals surface area contributed by atoms with Crippen LogP contribution in [0.1, 0.15) is 19.8 Å². The van der Waals surface area contributed by atoms with Gasteiger partial charge in [-0.1, -0.05) is 12.0 Å². The molecule has 0 amide bonds. The second kappa shape index (κ2) is 7.86. The highest BCUT2D eigenvalue weighted by molar-refractivity contribution is 5.80. The number of aliphatic hydroxyl groups is 3. The minimum Gasteiger partial charge on any atom is -0.489 e.